The number of nitrogens with zero attached hydrogens (tertiary/aromatic N) is 5. The van der Waals surface area contributed by atoms with Crippen molar-refractivity contribution in [1.82, 2.24) is 29.6 Å². The summed E-state index contributed by atoms with van der Waals surface area (Å²) >= 11 is 0. The lowest BCUT2D eigenvalue weighted by atomic mass is 9.85. The highest BCUT2D eigenvalue weighted by Crippen LogP contribution is 2.27. The molecule has 3 aromatic rings. The Hall–Kier alpha value is -4.74. The highest BCUT2D eigenvalue weighted by Gasteiger charge is 2.41. The molecule has 11 nitrogen and oxygen atoms in total. The molecule has 1 aromatic heterocycles. The van der Waals surface area contributed by atoms with E-state index < -0.39 is 35.1 Å². The fraction of sp³-hybridized carbons (Fsp3) is 0.500. The van der Waals surface area contributed by atoms with Crippen molar-refractivity contribution in [3.63, 3.8) is 0 Å². The molecule has 4 rings (SSSR count). The normalized spacial score (nSPS) is 16.0. The SMILES string of the molecule is C[C@@H](C(=O)N[C@H](C(=O)N1CCC[C@H]1CN(CCc1ccc(F)cc1)C(=O)c1cn(-c2ccccc2)cn1)C(C)(C)C)N(C)C(=O)OC(C)(C)C. The number of hydrogen-bond donors (Lipinski definition) is 1. The molecule has 270 valence electrons. The van der Waals surface area contributed by atoms with Crippen LogP contribution in [0.4, 0.5) is 9.18 Å². The molecule has 0 saturated carbocycles. The van der Waals surface area contributed by atoms with Gasteiger partial charge in [0.25, 0.3) is 5.91 Å². The molecule has 2 heterocycles. The summed E-state index contributed by atoms with van der Waals surface area (Å²) in [6.45, 7) is 13.5. The summed E-state index contributed by atoms with van der Waals surface area (Å²) in [6.07, 6.45) is 4.55. The second kappa shape index (κ2) is 15.9. The lowest BCUT2D eigenvalue weighted by Gasteiger charge is -2.38. The molecule has 0 radical (unpaired) electrons. The molecular formula is C38H51FN6O5. The van der Waals surface area contributed by atoms with Gasteiger partial charge in [-0.05, 0) is 82.2 Å². The van der Waals surface area contributed by atoms with Gasteiger partial charge >= 0.3 is 6.09 Å². The monoisotopic (exact) mass is 690 g/mol. The largest absolute Gasteiger partial charge is 0.444 e. The maximum atomic E-state index is 14.3. The fourth-order valence-corrected chi connectivity index (χ4v) is 5.84. The van der Waals surface area contributed by atoms with E-state index in [1.165, 1.54) is 24.1 Å². The van der Waals surface area contributed by atoms with Crippen molar-refractivity contribution in [2.24, 2.45) is 5.41 Å². The Bertz CT molecular complexity index is 1630. The van der Waals surface area contributed by atoms with Crippen LogP contribution < -0.4 is 5.32 Å². The fourth-order valence-electron chi connectivity index (χ4n) is 5.84. The van der Waals surface area contributed by atoms with Crippen LogP contribution in [0.15, 0.2) is 67.1 Å². The van der Waals surface area contributed by atoms with Crippen LogP contribution in [0.2, 0.25) is 0 Å². The summed E-state index contributed by atoms with van der Waals surface area (Å²) in [7, 11) is 1.49. The van der Waals surface area contributed by atoms with Gasteiger partial charge in [-0.25, -0.2) is 14.2 Å². The molecule has 0 bridgehead atoms. The highest BCUT2D eigenvalue weighted by atomic mass is 19.1. The summed E-state index contributed by atoms with van der Waals surface area (Å²) < 4.78 is 20.8. The minimum absolute atomic E-state index is 0.250. The summed E-state index contributed by atoms with van der Waals surface area (Å²) in [5.74, 6) is -1.34. The first-order valence-corrected chi connectivity index (χ1v) is 17.1. The zero-order chi connectivity index (χ0) is 36.8. The van der Waals surface area contributed by atoms with E-state index in [0.717, 1.165) is 17.7 Å². The van der Waals surface area contributed by atoms with E-state index in [1.807, 2.05) is 51.1 Å². The lowest BCUT2D eigenvalue weighted by Crippen LogP contribution is -2.59. The van der Waals surface area contributed by atoms with Crippen LogP contribution in [-0.4, -0.2) is 98.5 Å². The predicted molar refractivity (Wildman–Crippen MR) is 189 cm³/mol. The van der Waals surface area contributed by atoms with Gasteiger partial charge in [0.15, 0.2) is 0 Å². The maximum absolute atomic E-state index is 14.3. The molecule has 1 saturated heterocycles. The highest BCUT2D eigenvalue weighted by molar-refractivity contribution is 5.93. The Balaban J connectivity index is 1.53. The van der Waals surface area contributed by atoms with Gasteiger partial charge in [0.2, 0.25) is 11.8 Å². The van der Waals surface area contributed by atoms with Crippen molar-refractivity contribution in [2.75, 3.05) is 26.7 Å². The second-order valence-corrected chi connectivity index (χ2v) is 15.0. The minimum atomic E-state index is -0.896. The molecular weight excluding hydrogens is 639 g/mol. The third-order valence-corrected chi connectivity index (χ3v) is 8.86. The molecule has 4 amide bonds. The number of benzene rings is 2. The number of aromatic nitrogens is 2. The first-order valence-electron chi connectivity index (χ1n) is 17.1. The number of ether oxygens (including phenoxy) is 1. The maximum Gasteiger partial charge on any atom is 0.410 e. The number of nitrogens with one attached hydrogen (secondary N) is 1. The van der Waals surface area contributed by atoms with Crippen LogP contribution in [0.3, 0.4) is 0 Å². The first-order chi connectivity index (χ1) is 23.4. The molecule has 2 aromatic carbocycles. The summed E-state index contributed by atoms with van der Waals surface area (Å²) in [6, 6.07) is 13.7. The summed E-state index contributed by atoms with van der Waals surface area (Å²) in [5, 5.41) is 2.92. The predicted octanol–water partition coefficient (Wildman–Crippen LogP) is 5.47. The average Bonchev–Trinajstić information content (AvgIpc) is 3.74. The van der Waals surface area contributed by atoms with Crippen molar-refractivity contribution < 1.29 is 28.3 Å². The van der Waals surface area contributed by atoms with Crippen molar-refractivity contribution in [3.05, 3.63) is 84.2 Å². The molecule has 1 aliphatic heterocycles. The van der Waals surface area contributed by atoms with E-state index >= 15 is 0 Å². The van der Waals surface area contributed by atoms with E-state index in [0.29, 0.717) is 25.9 Å². The number of halogens is 1. The lowest BCUT2D eigenvalue weighted by molar-refractivity contribution is -0.141. The standard InChI is InChI=1S/C38H51FN6O5/c1-26(42(8)36(49)50-38(5,6)7)33(46)41-32(37(2,3)4)35(48)45-21-12-15-30(45)23-43(22-20-27-16-18-28(39)19-17-27)34(47)31-24-44(25-40-31)29-13-10-9-11-14-29/h9-11,13-14,16-19,24-26,30,32H,12,15,20-23H2,1-8H3,(H,41,46)/t26-,30-,32+/m0/s1. The number of carbonyl (C=O) groups excluding carboxylic acids is 4. The van der Waals surface area contributed by atoms with Gasteiger partial charge in [0, 0.05) is 44.6 Å². The Morgan fingerprint density at radius 1 is 1.02 bits per heavy atom. The number of para-hydroxylation sites is 1. The van der Waals surface area contributed by atoms with Gasteiger partial charge in [-0.1, -0.05) is 51.1 Å². The van der Waals surface area contributed by atoms with Gasteiger partial charge in [0.1, 0.15) is 35.5 Å². The third kappa shape index (κ3) is 9.92. The van der Waals surface area contributed by atoms with Crippen molar-refractivity contribution in [1.29, 1.82) is 0 Å². The van der Waals surface area contributed by atoms with Gasteiger partial charge in [0.05, 0.1) is 0 Å². The number of hydrogen-bond acceptors (Lipinski definition) is 6. The van der Waals surface area contributed by atoms with Crippen LogP contribution in [0, 0.1) is 11.2 Å². The number of imidazole rings is 1. The number of carbonyl (C=O) groups is 4. The minimum Gasteiger partial charge on any atom is -0.444 e. The van der Waals surface area contributed by atoms with E-state index in [1.54, 1.807) is 66.7 Å². The zero-order valence-electron chi connectivity index (χ0n) is 30.5. The van der Waals surface area contributed by atoms with Gasteiger partial charge in [-0.3, -0.25) is 19.3 Å². The number of amides is 4. The molecule has 1 N–H and O–H groups in total. The average molecular weight is 691 g/mol. The Kier molecular flexibility index (Phi) is 12.1. The number of likely N-dealkylation sites (tertiary alicyclic amines) is 1. The first kappa shape index (κ1) is 38.1. The van der Waals surface area contributed by atoms with Gasteiger partial charge < -0.3 is 24.4 Å². The van der Waals surface area contributed by atoms with Crippen LogP contribution in [0.25, 0.3) is 5.69 Å². The van der Waals surface area contributed by atoms with E-state index in [4.69, 9.17) is 4.74 Å². The van der Waals surface area contributed by atoms with Crippen LogP contribution >= 0.6 is 0 Å². The summed E-state index contributed by atoms with van der Waals surface area (Å²) in [4.78, 5) is 63.6. The number of likely N-dealkylation sites (N-methyl/N-ethyl adjacent to an activating group) is 1. The van der Waals surface area contributed by atoms with Crippen LogP contribution in [0.1, 0.15) is 77.4 Å². The van der Waals surface area contributed by atoms with Crippen molar-refractivity contribution in [3.8, 4) is 5.69 Å². The van der Waals surface area contributed by atoms with Gasteiger partial charge in [-0.15, -0.1) is 0 Å². The van der Waals surface area contributed by atoms with Crippen molar-refractivity contribution in [2.45, 2.75) is 91.5 Å². The molecule has 1 aliphatic rings. The van der Waals surface area contributed by atoms with Crippen LogP contribution in [-0.2, 0) is 20.7 Å². The Morgan fingerprint density at radius 3 is 2.30 bits per heavy atom. The smallest absolute Gasteiger partial charge is 0.410 e. The van der Waals surface area contributed by atoms with E-state index in [2.05, 4.69) is 10.3 Å². The topological polar surface area (TPSA) is 117 Å². The molecule has 12 heteroatoms. The molecule has 1 fully saturated rings. The summed E-state index contributed by atoms with van der Waals surface area (Å²) in [5.41, 5.74) is 0.622. The third-order valence-electron chi connectivity index (χ3n) is 8.86. The molecule has 0 unspecified atom stereocenters. The van der Waals surface area contributed by atoms with Crippen LogP contribution in [0.5, 0.6) is 0 Å². The van der Waals surface area contributed by atoms with Gasteiger partial charge in [-0.2, -0.15) is 0 Å². The van der Waals surface area contributed by atoms with E-state index in [-0.39, 0.29) is 35.9 Å². The second-order valence-electron chi connectivity index (χ2n) is 15.0. The molecule has 0 spiro atoms. The Morgan fingerprint density at radius 2 is 1.68 bits per heavy atom. The van der Waals surface area contributed by atoms with Crippen molar-refractivity contribution >= 4 is 23.8 Å². The molecule has 50 heavy (non-hydrogen) atoms. The zero-order valence-corrected chi connectivity index (χ0v) is 30.5. The quantitative estimate of drug-likeness (QED) is 0.285. The Labute approximate surface area is 294 Å². The number of rotatable bonds is 11. The molecule has 0 aliphatic carbocycles. The van der Waals surface area contributed by atoms with E-state index in [9.17, 15) is 23.6 Å². The molecule has 3 atom stereocenters.